The van der Waals surface area contributed by atoms with Crippen molar-refractivity contribution < 1.29 is 9.32 Å². The number of fused-ring (bicyclic) bond motifs is 1. The predicted octanol–water partition coefficient (Wildman–Crippen LogP) is 0.599. The number of carbonyl (C=O) groups is 1. The summed E-state index contributed by atoms with van der Waals surface area (Å²) in [5.74, 6) is 0.966. The molecule has 0 spiro atoms. The Morgan fingerprint density at radius 2 is 2.00 bits per heavy atom. The molecular weight excluding hydrogens is 218 g/mol. The van der Waals surface area contributed by atoms with Crippen LogP contribution in [0, 0.1) is 0 Å². The molecule has 1 aromatic rings. The normalized spacial score (nSPS) is 20.1. The smallest absolute Gasteiger partial charge is 0.276 e. The number of nitrogens with one attached hydrogen (secondary N) is 1. The van der Waals surface area contributed by atoms with E-state index in [-0.39, 0.29) is 5.91 Å². The molecule has 5 heteroatoms. The largest absolute Gasteiger partial charge is 0.360 e. The zero-order valence-corrected chi connectivity index (χ0v) is 9.87. The standard InChI is InChI=1S/C12H17N3O2/c16-12(15-7-5-13-6-8-15)11-9-3-1-2-4-10(9)17-14-11/h13H,1-8H2. The highest BCUT2D eigenvalue weighted by atomic mass is 16.5. The molecule has 1 amide bonds. The van der Waals surface area contributed by atoms with E-state index in [1.165, 1.54) is 0 Å². The number of carbonyl (C=O) groups excluding carboxylic acids is 1. The quantitative estimate of drug-likeness (QED) is 0.774. The van der Waals surface area contributed by atoms with Gasteiger partial charge in [0, 0.05) is 38.2 Å². The van der Waals surface area contributed by atoms with Crippen molar-refractivity contribution >= 4 is 5.91 Å². The number of aryl methyl sites for hydroxylation is 1. The monoisotopic (exact) mass is 235 g/mol. The fourth-order valence-electron chi connectivity index (χ4n) is 2.57. The Bertz CT molecular complexity index is 421. The van der Waals surface area contributed by atoms with E-state index >= 15 is 0 Å². The molecule has 2 aliphatic rings. The number of hydrogen-bond acceptors (Lipinski definition) is 4. The van der Waals surface area contributed by atoms with Crippen LogP contribution in [0.5, 0.6) is 0 Å². The lowest BCUT2D eigenvalue weighted by molar-refractivity contribution is 0.0724. The maximum atomic E-state index is 12.3. The van der Waals surface area contributed by atoms with Crippen molar-refractivity contribution in [3.8, 4) is 0 Å². The summed E-state index contributed by atoms with van der Waals surface area (Å²) in [6.07, 6.45) is 4.14. The van der Waals surface area contributed by atoms with Gasteiger partial charge in [-0.1, -0.05) is 5.16 Å². The average Bonchev–Trinajstić information content (AvgIpc) is 2.83. The van der Waals surface area contributed by atoms with Gasteiger partial charge >= 0.3 is 0 Å². The number of nitrogens with zero attached hydrogens (tertiary/aromatic N) is 2. The molecule has 0 bridgehead atoms. The lowest BCUT2D eigenvalue weighted by Crippen LogP contribution is -2.46. The summed E-state index contributed by atoms with van der Waals surface area (Å²) >= 11 is 0. The highest BCUT2D eigenvalue weighted by Crippen LogP contribution is 2.25. The summed E-state index contributed by atoms with van der Waals surface area (Å²) in [5, 5.41) is 7.23. The molecule has 92 valence electrons. The molecule has 0 radical (unpaired) electrons. The summed E-state index contributed by atoms with van der Waals surface area (Å²) in [4.78, 5) is 14.2. The Morgan fingerprint density at radius 1 is 1.24 bits per heavy atom. The van der Waals surface area contributed by atoms with E-state index in [9.17, 15) is 4.79 Å². The third-order valence-electron chi connectivity index (χ3n) is 3.56. The first kappa shape index (κ1) is 10.8. The van der Waals surface area contributed by atoms with Gasteiger partial charge in [0.2, 0.25) is 0 Å². The van der Waals surface area contributed by atoms with Crippen LogP contribution in [0.1, 0.15) is 34.7 Å². The summed E-state index contributed by atoms with van der Waals surface area (Å²) < 4.78 is 5.29. The van der Waals surface area contributed by atoms with E-state index in [0.29, 0.717) is 5.69 Å². The van der Waals surface area contributed by atoms with Crippen molar-refractivity contribution in [2.75, 3.05) is 26.2 Å². The van der Waals surface area contributed by atoms with E-state index in [0.717, 1.165) is 63.2 Å². The number of aromatic nitrogens is 1. The Labute approximate surface area is 100 Å². The van der Waals surface area contributed by atoms with Crippen molar-refractivity contribution in [1.29, 1.82) is 0 Å². The first-order chi connectivity index (χ1) is 8.36. The van der Waals surface area contributed by atoms with Crippen LogP contribution in [-0.2, 0) is 12.8 Å². The van der Waals surface area contributed by atoms with Crippen molar-refractivity contribution in [3.05, 3.63) is 17.0 Å². The van der Waals surface area contributed by atoms with Crippen LogP contribution in [0.3, 0.4) is 0 Å². The minimum absolute atomic E-state index is 0.0402. The van der Waals surface area contributed by atoms with Gasteiger partial charge in [0.15, 0.2) is 5.69 Å². The van der Waals surface area contributed by atoms with E-state index < -0.39 is 0 Å². The van der Waals surface area contributed by atoms with Crippen molar-refractivity contribution in [2.24, 2.45) is 0 Å². The SMILES string of the molecule is O=C(c1noc2c1CCCC2)N1CCNCC1. The van der Waals surface area contributed by atoms with Crippen LogP contribution in [0.25, 0.3) is 0 Å². The van der Waals surface area contributed by atoms with Crippen molar-refractivity contribution in [3.63, 3.8) is 0 Å². The minimum Gasteiger partial charge on any atom is -0.360 e. The van der Waals surface area contributed by atoms with Crippen LogP contribution in [0.15, 0.2) is 4.52 Å². The molecule has 1 aliphatic carbocycles. The van der Waals surface area contributed by atoms with Crippen molar-refractivity contribution in [2.45, 2.75) is 25.7 Å². The van der Waals surface area contributed by atoms with Crippen LogP contribution < -0.4 is 5.32 Å². The Morgan fingerprint density at radius 3 is 2.82 bits per heavy atom. The molecule has 1 N–H and O–H groups in total. The summed E-state index contributed by atoms with van der Waals surface area (Å²) in [6, 6.07) is 0. The van der Waals surface area contributed by atoms with Gasteiger partial charge in [0.05, 0.1) is 0 Å². The summed E-state index contributed by atoms with van der Waals surface area (Å²) in [7, 11) is 0. The molecule has 5 nitrogen and oxygen atoms in total. The maximum Gasteiger partial charge on any atom is 0.276 e. The van der Waals surface area contributed by atoms with E-state index in [1.807, 2.05) is 4.90 Å². The van der Waals surface area contributed by atoms with Gasteiger partial charge in [-0.2, -0.15) is 0 Å². The average molecular weight is 235 g/mol. The van der Waals surface area contributed by atoms with Crippen LogP contribution in [-0.4, -0.2) is 42.1 Å². The molecule has 1 aromatic heterocycles. The van der Waals surface area contributed by atoms with Gasteiger partial charge in [-0.15, -0.1) is 0 Å². The third-order valence-corrected chi connectivity index (χ3v) is 3.56. The lowest BCUT2D eigenvalue weighted by atomic mass is 9.96. The van der Waals surface area contributed by atoms with Crippen LogP contribution in [0.2, 0.25) is 0 Å². The van der Waals surface area contributed by atoms with Gasteiger partial charge in [0.1, 0.15) is 5.76 Å². The molecule has 17 heavy (non-hydrogen) atoms. The van der Waals surface area contributed by atoms with Gasteiger partial charge in [0.25, 0.3) is 5.91 Å². The summed E-state index contributed by atoms with van der Waals surface area (Å²) in [6.45, 7) is 3.26. The van der Waals surface area contributed by atoms with Crippen LogP contribution in [0.4, 0.5) is 0 Å². The molecule has 3 rings (SSSR count). The molecule has 2 heterocycles. The fourth-order valence-corrected chi connectivity index (χ4v) is 2.57. The highest BCUT2D eigenvalue weighted by Gasteiger charge is 2.27. The first-order valence-electron chi connectivity index (χ1n) is 6.33. The van der Waals surface area contributed by atoms with Crippen molar-refractivity contribution in [1.82, 2.24) is 15.4 Å². The highest BCUT2D eigenvalue weighted by molar-refractivity contribution is 5.94. The zero-order valence-electron chi connectivity index (χ0n) is 9.87. The van der Waals surface area contributed by atoms with Gasteiger partial charge < -0.3 is 14.7 Å². The lowest BCUT2D eigenvalue weighted by Gasteiger charge is -2.26. The molecule has 0 atom stereocenters. The molecule has 1 aliphatic heterocycles. The Kier molecular flexibility index (Phi) is 2.84. The Balaban J connectivity index is 1.83. The number of piperazine rings is 1. The molecule has 0 saturated carbocycles. The minimum atomic E-state index is 0.0402. The Hall–Kier alpha value is -1.36. The van der Waals surface area contributed by atoms with Gasteiger partial charge in [-0.25, -0.2) is 0 Å². The molecular formula is C12H17N3O2. The predicted molar refractivity (Wildman–Crippen MR) is 61.9 cm³/mol. The number of amides is 1. The first-order valence-corrected chi connectivity index (χ1v) is 6.33. The second-order valence-electron chi connectivity index (χ2n) is 4.68. The molecule has 1 fully saturated rings. The zero-order chi connectivity index (χ0) is 11.7. The second kappa shape index (κ2) is 4.49. The molecule has 1 saturated heterocycles. The topological polar surface area (TPSA) is 58.4 Å². The molecule has 0 unspecified atom stereocenters. The van der Waals surface area contributed by atoms with E-state index in [1.54, 1.807) is 0 Å². The van der Waals surface area contributed by atoms with Gasteiger partial charge in [-0.05, 0) is 19.3 Å². The maximum absolute atomic E-state index is 12.3. The number of hydrogen-bond donors (Lipinski definition) is 1. The second-order valence-corrected chi connectivity index (χ2v) is 4.68. The molecule has 0 aromatic carbocycles. The fraction of sp³-hybridized carbons (Fsp3) is 0.667. The van der Waals surface area contributed by atoms with E-state index in [4.69, 9.17) is 4.52 Å². The number of rotatable bonds is 1. The van der Waals surface area contributed by atoms with Gasteiger partial charge in [-0.3, -0.25) is 4.79 Å². The third kappa shape index (κ3) is 1.95. The van der Waals surface area contributed by atoms with E-state index in [2.05, 4.69) is 10.5 Å². The van der Waals surface area contributed by atoms with Crippen LogP contribution >= 0.6 is 0 Å². The summed E-state index contributed by atoms with van der Waals surface area (Å²) in [5.41, 5.74) is 1.61.